The second kappa shape index (κ2) is 4.12. The molecule has 0 aromatic rings. The number of amides is 1. The van der Waals surface area contributed by atoms with Gasteiger partial charge in [0.05, 0.1) is 0 Å². The first-order valence-corrected chi connectivity index (χ1v) is 5.37. The molecule has 0 heterocycles. The molecule has 0 bridgehead atoms. The summed E-state index contributed by atoms with van der Waals surface area (Å²) in [5.41, 5.74) is -0.0281. The van der Waals surface area contributed by atoms with E-state index in [1.807, 2.05) is 0 Å². The number of rotatable bonds is 3. The molecular formula is C11H21NO. The van der Waals surface area contributed by atoms with Crippen LogP contribution in [0.3, 0.4) is 0 Å². The van der Waals surface area contributed by atoms with Crippen molar-refractivity contribution in [3.8, 4) is 0 Å². The molecule has 1 saturated carbocycles. The van der Waals surface area contributed by atoms with Crippen LogP contribution in [-0.2, 0) is 4.79 Å². The van der Waals surface area contributed by atoms with Crippen molar-refractivity contribution in [3.63, 3.8) is 0 Å². The third kappa shape index (κ3) is 3.02. The first kappa shape index (κ1) is 10.6. The van der Waals surface area contributed by atoms with E-state index in [2.05, 4.69) is 26.1 Å². The zero-order valence-corrected chi connectivity index (χ0v) is 9.02. The summed E-state index contributed by atoms with van der Waals surface area (Å²) in [5, 5.41) is 3.11. The molecule has 0 aromatic carbocycles. The maximum Gasteiger partial charge on any atom is 0.223 e. The summed E-state index contributed by atoms with van der Waals surface area (Å²) in [5.74, 6) is 0.565. The minimum atomic E-state index is -0.0281. The maximum atomic E-state index is 11.7. The SMILES string of the molecule is CCC(C)(C)NC(=O)C1CCCC1. The minimum absolute atomic E-state index is 0.0281. The molecular weight excluding hydrogens is 162 g/mol. The van der Waals surface area contributed by atoms with E-state index in [0.29, 0.717) is 5.92 Å². The van der Waals surface area contributed by atoms with E-state index in [9.17, 15) is 4.79 Å². The van der Waals surface area contributed by atoms with Gasteiger partial charge in [0.2, 0.25) is 5.91 Å². The highest BCUT2D eigenvalue weighted by Crippen LogP contribution is 2.25. The van der Waals surface area contributed by atoms with Gasteiger partial charge in [-0.25, -0.2) is 0 Å². The third-order valence-electron chi connectivity index (χ3n) is 3.07. The lowest BCUT2D eigenvalue weighted by Crippen LogP contribution is -2.45. The van der Waals surface area contributed by atoms with Crippen molar-refractivity contribution in [3.05, 3.63) is 0 Å². The first-order valence-electron chi connectivity index (χ1n) is 5.37. The summed E-state index contributed by atoms with van der Waals surface area (Å²) in [4.78, 5) is 11.7. The van der Waals surface area contributed by atoms with Gasteiger partial charge in [0, 0.05) is 11.5 Å². The molecule has 0 aromatic heterocycles. The number of hydrogen-bond acceptors (Lipinski definition) is 1. The van der Waals surface area contributed by atoms with Gasteiger partial charge in [-0.3, -0.25) is 4.79 Å². The lowest BCUT2D eigenvalue weighted by atomic mass is 9.99. The van der Waals surface area contributed by atoms with Gasteiger partial charge in [0.1, 0.15) is 0 Å². The quantitative estimate of drug-likeness (QED) is 0.715. The molecule has 1 aliphatic carbocycles. The highest BCUT2D eigenvalue weighted by atomic mass is 16.2. The van der Waals surface area contributed by atoms with Gasteiger partial charge in [0.15, 0.2) is 0 Å². The van der Waals surface area contributed by atoms with Crippen molar-refractivity contribution in [1.29, 1.82) is 0 Å². The van der Waals surface area contributed by atoms with Crippen molar-refractivity contribution in [2.45, 2.75) is 58.4 Å². The Labute approximate surface area is 81.1 Å². The Kier molecular flexibility index (Phi) is 3.34. The Bertz CT molecular complexity index is 181. The van der Waals surface area contributed by atoms with Crippen LogP contribution in [0.2, 0.25) is 0 Å². The van der Waals surface area contributed by atoms with Gasteiger partial charge in [-0.2, -0.15) is 0 Å². The lowest BCUT2D eigenvalue weighted by molar-refractivity contribution is -0.126. The van der Waals surface area contributed by atoms with Gasteiger partial charge in [0.25, 0.3) is 0 Å². The van der Waals surface area contributed by atoms with Gasteiger partial charge >= 0.3 is 0 Å². The van der Waals surface area contributed by atoms with Crippen LogP contribution in [0.25, 0.3) is 0 Å². The normalized spacial score (nSPS) is 19.0. The molecule has 2 heteroatoms. The van der Waals surface area contributed by atoms with E-state index in [0.717, 1.165) is 19.3 Å². The molecule has 0 unspecified atom stereocenters. The number of carbonyl (C=O) groups is 1. The Morgan fingerprint density at radius 2 is 1.92 bits per heavy atom. The average Bonchev–Trinajstić information content (AvgIpc) is 2.55. The van der Waals surface area contributed by atoms with Crippen LogP contribution < -0.4 is 5.32 Å². The standard InChI is InChI=1S/C11H21NO/c1-4-11(2,3)12-10(13)9-7-5-6-8-9/h9H,4-8H2,1-3H3,(H,12,13). The Morgan fingerprint density at radius 3 is 2.38 bits per heavy atom. The maximum absolute atomic E-state index is 11.7. The largest absolute Gasteiger partial charge is 0.351 e. The van der Waals surface area contributed by atoms with Crippen molar-refractivity contribution >= 4 is 5.91 Å². The van der Waals surface area contributed by atoms with E-state index < -0.39 is 0 Å². The molecule has 1 aliphatic rings. The fourth-order valence-corrected chi connectivity index (χ4v) is 1.71. The molecule has 1 amide bonds. The van der Waals surface area contributed by atoms with Crippen molar-refractivity contribution in [1.82, 2.24) is 5.32 Å². The molecule has 1 N–H and O–H groups in total. The summed E-state index contributed by atoms with van der Waals surface area (Å²) in [6.45, 7) is 6.27. The zero-order chi connectivity index (χ0) is 9.90. The molecule has 1 rings (SSSR count). The molecule has 0 aliphatic heterocycles. The van der Waals surface area contributed by atoms with Crippen LogP contribution in [0.15, 0.2) is 0 Å². The number of carbonyl (C=O) groups excluding carboxylic acids is 1. The lowest BCUT2D eigenvalue weighted by Gasteiger charge is -2.26. The molecule has 1 fully saturated rings. The van der Waals surface area contributed by atoms with Gasteiger partial charge in [-0.05, 0) is 33.1 Å². The molecule has 13 heavy (non-hydrogen) atoms. The summed E-state index contributed by atoms with van der Waals surface area (Å²) in [6.07, 6.45) is 5.62. The second-order valence-electron chi connectivity index (χ2n) is 4.71. The second-order valence-corrected chi connectivity index (χ2v) is 4.71. The smallest absolute Gasteiger partial charge is 0.223 e. The molecule has 2 nitrogen and oxygen atoms in total. The molecule has 76 valence electrons. The third-order valence-corrected chi connectivity index (χ3v) is 3.07. The highest BCUT2D eigenvalue weighted by Gasteiger charge is 2.26. The van der Waals surface area contributed by atoms with E-state index >= 15 is 0 Å². The van der Waals surface area contributed by atoms with Crippen LogP contribution in [0.4, 0.5) is 0 Å². The fraction of sp³-hybridized carbons (Fsp3) is 0.909. The summed E-state index contributed by atoms with van der Waals surface area (Å²) in [6, 6.07) is 0. The van der Waals surface area contributed by atoms with Crippen LogP contribution in [0.1, 0.15) is 52.9 Å². The van der Waals surface area contributed by atoms with Crippen molar-refractivity contribution in [2.75, 3.05) is 0 Å². The van der Waals surface area contributed by atoms with Gasteiger partial charge in [-0.15, -0.1) is 0 Å². The molecule has 0 atom stereocenters. The summed E-state index contributed by atoms with van der Waals surface area (Å²) < 4.78 is 0. The van der Waals surface area contributed by atoms with Crippen LogP contribution in [-0.4, -0.2) is 11.4 Å². The minimum Gasteiger partial charge on any atom is -0.351 e. The summed E-state index contributed by atoms with van der Waals surface area (Å²) in [7, 11) is 0. The number of nitrogens with one attached hydrogen (secondary N) is 1. The molecule has 0 radical (unpaired) electrons. The van der Waals surface area contributed by atoms with Gasteiger partial charge < -0.3 is 5.32 Å². The summed E-state index contributed by atoms with van der Waals surface area (Å²) >= 11 is 0. The Balaban J connectivity index is 2.40. The average molecular weight is 183 g/mol. The van der Waals surface area contributed by atoms with Gasteiger partial charge in [-0.1, -0.05) is 19.8 Å². The Morgan fingerprint density at radius 1 is 1.38 bits per heavy atom. The van der Waals surface area contributed by atoms with Crippen LogP contribution in [0.5, 0.6) is 0 Å². The van der Waals surface area contributed by atoms with Crippen LogP contribution in [0, 0.1) is 5.92 Å². The monoisotopic (exact) mass is 183 g/mol. The zero-order valence-electron chi connectivity index (χ0n) is 9.02. The van der Waals surface area contributed by atoms with E-state index in [1.54, 1.807) is 0 Å². The predicted molar refractivity (Wildman–Crippen MR) is 54.5 cm³/mol. The topological polar surface area (TPSA) is 29.1 Å². The Hall–Kier alpha value is -0.530. The number of hydrogen-bond donors (Lipinski definition) is 1. The van der Waals surface area contributed by atoms with Crippen molar-refractivity contribution < 1.29 is 4.79 Å². The highest BCUT2D eigenvalue weighted by molar-refractivity contribution is 5.79. The predicted octanol–water partition coefficient (Wildman–Crippen LogP) is 2.48. The molecule has 0 spiro atoms. The van der Waals surface area contributed by atoms with Crippen LogP contribution >= 0.6 is 0 Å². The van der Waals surface area contributed by atoms with E-state index in [-0.39, 0.29) is 11.4 Å². The van der Waals surface area contributed by atoms with Crippen molar-refractivity contribution in [2.24, 2.45) is 5.92 Å². The first-order chi connectivity index (χ1) is 6.05. The fourth-order valence-electron chi connectivity index (χ4n) is 1.71. The van der Waals surface area contributed by atoms with E-state index in [4.69, 9.17) is 0 Å². The van der Waals surface area contributed by atoms with E-state index in [1.165, 1.54) is 12.8 Å². The molecule has 0 saturated heterocycles.